The number of carbonyl (C=O) groups excluding carboxylic acids is 1. The lowest BCUT2D eigenvalue weighted by Gasteiger charge is -2.07. The Bertz CT molecular complexity index is 967. The third-order valence-electron chi connectivity index (χ3n) is 3.74. The number of aromatic nitrogens is 1. The average molecular weight is 372 g/mol. The second kappa shape index (κ2) is 7.37. The smallest absolute Gasteiger partial charge is 0.271 e. The first-order valence-corrected chi connectivity index (χ1v) is 8.06. The summed E-state index contributed by atoms with van der Waals surface area (Å²) in [5.41, 5.74) is 2.28. The van der Waals surface area contributed by atoms with Gasteiger partial charge in [-0.1, -0.05) is 22.8 Å². The van der Waals surface area contributed by atoms with Crippen molar-refractivity contribution in [1.29, 1.82) is 0 Å². The number of amides is 1. The van der Waals surface area contributed by atoms with Gasteiger partial charge in [-0.25, -0.2) is 0 Å². The van der Waals surface area contributed by atoms with E-state index in [1.54, 1.807) is 43.3 Å². The molecule has 0 atom stereocenters. The van der Waals surface area contributed by atoms with Gasteiger partial charge in [0, 0.05) is 28.8 Å². The van der Waals surface area contributed by atoms with Gasteiger partial charge in [0.2, 0.25) is 5.91 Å². The number of aryl methyl sites for hydroxylation is 1. The maximum Gasteiger partial charge on any atom is 0.271 e. The Morgan fingerprint density at radius 2 is 1.96 bits per heavy atom. The standard InChI is InChI=1S/C18H14ClN3O4/c1-11-2-7-15(22(24)25)10-16(11)20-18(23)9-14-8-17(26-21-14)12-3-5-13(19)6-4-12/h2-8,10H,9H2,1H3,(H,20,23). The number of benzene rings is 2. The third kappa shape index (κ3) is 4.07. The molecule has 0 radical (unpaired) electrons. The summed E-state index contributed by atoms with van der Waals surface area (Å²) in [6.45, 7) is 1.76. The van der Waals surface area contributed by atoms with Gasteiger partial charge in [-0.05, 0) is 36.8 Å². The Kier molecular flexibility index (Phi) is 4.99. The molecule has 0 unspecified atom stereocenters. The molecule has 7 nitrogen and oxygen atoms in total. The molecule has 8 heteroatoms. The number of non-ortho nitro benzene ring substituents is 1. The van der Waals surface area contributed by atoms with Crippen LogP contribution in [0.2, 0.25) is 5.02 Å². The van der Waals surface area contributed by atoms with Crippen LogP contribution >= 0.6 is 11.6 Å². The first-order chi connectivity index (χ1) is 12.4. The lowest BCUT2D eigenvalue weighted by atomic mass is 10.1. The largest absolute Gasteiger partial charge is 0.356 e. The van der Waals surface area contributed by atoms with E-state index < -0.39 is 4.92 Å². The van der Waals surface area contributed by atoms with Crippen LogP contribution in [-0.2, 0) is 11.2 Å². The SMILES string of the molecule is Cc1ccc([N+](=O)[O-])cc1NC(=O)Cc1cc(-c2ccc(Cl)cc2)on1. The van der Waals surface area contributed by atoms with Crippen molar-refractivity contribution in [3.8, 4) is 11.3 Å². The van der Waals surface area contributed by atoms with Crippen LogP contribution in [0.25, 0.3) is 11.3 Å². The summed E-state index contributed by atoms with van der Waals surface area (Å²) < 4.78 is 5.25. The molecule has 0 spiro atoms. The van der Waals surface area contributed by atoms with Gasteiger partial charge in [-0.15, -0.1) is 0 Å². The van der Waals surface area contributed by atoms with Gasteiger partial charge >= 0.3 is 0 Å². The zero-order valence-electron chi connectivity index (χ0n) is 13.7. The second-order valence-electron chi connectivity index (χ2n) is 5.67. The molecule has 1 aromatic heterocycles. The van der Waals surface area contributed by atoms with Crippen molar-refractivity contribution < 1.29 is 14.2 Å². The predicted octanol–water partition coefficient (Wildman–Crippen LogP) is 4.39. The van der Waals surface area contributed by atoms with Crippen molar-refractivity contribution in [2.45, 2.75) is 13.3 Å². The third-order valence-corrected chi connectivity index (χ3v) is 3.99. The van der Waals surface area contributed by atoms with Crippen molar-refractivity contribution in [3.63, 3.8) is 0 Å². The van der Waals surface area contributed by atoms with Crippen LogP contribution in [0.4, 0.5) is 11.4 Å². The molecule has 0 fully saturated rings. The molecule has 3 rings (SSSR count). The average Bonchev–Trinajstić information content (AvgIpc) is 3.05. The molecule has 1 amide bonds. The molecule has 3 aromatic rings. The number of nitrogens with one attached hydrogen (secondary N) is 1. The van der Waals surface area contributed by atoms with E-state index in [1.165, 1.54) is 12.1 Å². The highest BCUT2D eigenvalue weighted by Gasteiger charge is 2.14. The molecule has 2 aromatic carbocycles. The highest BCUT2D eigenvalue weighted by atomic mass is 35.5. The van der Waals surface area contributed by atoms with Crippen LogP contribution in [0.5, 0.6) is 0 Å². The molecule has 0 saturated carbocycles. The highest BCUT2D eigenvalue weighted by molar-refractivity contribution is 6.30. The summed E-state index contributed by atoms with van der Waals surface area (Å²) in [7, 11) is 0. The van der Waals surface area contributed by atoms with Crippen LogP contribution in [-0.4, -0.2) is 16.0 Å². The number of hydrogen-bond acceptors (Lipinski definition) is 5. The van der Waals surface area contributed by atoms with Crippen LogP contribution in [0.1, 0.15) is 11.3 Å². The minimum absolute atomic E-state index is 0.0147. The molecule has 1 heterocycles. The molecule has 0 aliphatic rings. The Hall–Kier alpha value is -3.19. The van der Waals surface area contributed by atoms with Gasteiger partial charge < -0.3 is 9.84 Å². The van der Waals surface area contributed by atoms with Crippen molar-refractivity contribution in [2.75, 3.05) is 5.32 Å². The van der Waals surface area contributed by atoms with E-state index in [4.69, 9.17) is 16.1 Å². The predicted molar refractivity (Wildman–Crippen MR) is 97.1 cm³/mol. The fraction of sp³-hybridized carbons (Fsp3) is 0.111. The van der Waals surface area contributed by atoms with Crippen LogP contribution in [0.3, 0.4) is 0 Å². The minimum atomic E-state index is -0.509. The van der Waals surface area contributed by atoms with Crippen LogP contribution < -0.4 is 5.32 Å². The van der Waals surface area contributed by atoms with E-state index in [2.05, 4.69) is 10.5 Å². The number of nitrogens with zero attached hydrogens (tertiary/aromatic N) is 2. The van der Waals surface area contributed by atoms with E-state index in [0.29, 0.717) is 22.2 Å². The van der Waals surface area contributed by atoms with Gasteiger partial charge in [-0.3, -0.25) is 14.9 Å². The monoisotopic (exact) mass is 371 g/mol. The number of nitro benzene ring substituents is 1. The van der Waals surface area contributed by atoms with E-state index in [0.717, 1.165) is 11.1 Å². The Morgan fingerprint density at radius 3 is 2.65 bits per heavy atom. The molecule has 0 saturated heterocycles. The molecule has 0 bridgehead atoms. The number of halogens is 1. The van der Waals surface area contributed by atoms with Gasteiger partial charge in [0.25, 0.3) is 5.69 Å². The van der Waals surface area contributed by atoms with Gasteiger partial charge in [-0.2, -0.15) is 0 Å². The molecule has 0 aliphatic heterocycles. The van der Waals surface area contributed by atoms with Crippen molar-refractivity contribution >= 4 is 28.9 Å². The maximum absolute atomic E-state index is 12.2. The summed E-state index contributed by atoms with van der Waals surface area (Å²) >= 11 is 5.85. The Labute approximate surface area is 153 Å². The van der Waals surface area contributed by atoms with Crippen LogP contribution in [0, 0.1) is 17.0 Å². The summed E-state index contributed by atoms with van der Waals surface area (Å²) in [6, 6.07) is 13.0. The zero-order chi connectivity index (χ0) is 18.7. The highest BCUT2D eigenvalue weighted by Crippen LogP contribution is 2.24. The van der Waals surface area contributed by atoms with Gasteiger partial charge in [0.15, 0.2) is 5.76 Å². The molecular formula is C18H14ClN3O4. The fourth-order valence-corrected chi connectivity index (χ4v) is 2.49. The van der Waals surface area contributed by atoms with Crippen molar-refractivity contribution in [2.24, 2.45) is 0 Å². The Morgan fingerprint density at radius 1 is 1.23 bits per heavy atom. The van der Waals surface area contributed by atoms with Crippen LogP contribution in [0.15, 0.2) is 53.1 Å². The number of nitro groups is 1. The topological polar surface area (TPSA) is 98.3 Å². The van der Waals surface area contributed by atoms with Gasteiger partial charge in [0.1, 0.15) is 0 Å². The molecule has 0 aliphatic carbocycles. The minimum Gasteiger partial charge on any atom is -0.356 e. The lowest BCUT2D eigenvalue weighted by molar-refractivity contribution is -0.384. The molecule has 1 N–H and O–H groups in total. The molecule has 26 heavy (non-hydrogen) atoms. The zero-order valence-corrected chi connectivity index (χ0v) is 14.5. The maximum atomic E-state index is 12.2. The lowest BCUT2D eigenvalue weighted by Crippen LogP contribution is -2.15. The fourth-order valence-electron chi connectivity index (χ4n) is 2.36. The number of carbonyl (C=O) groups is 1. The summed E-state index contributed by atoms with van der Waals surface area (Å²) in [5.74, 6) is 0.181. The normalized spacial score (nSPS) is 10.5. The van der Waals surface area contributed by atoms with E-state index in [-0.39, 0.29) is 18.0 Å². The van der Waals surface area contributed by atoms with E-state index in [9.17, 15) is 14.9 Å². The van der Waals surface area contributed by atoms with Crippen molar-refractivity contribution in [1.82, 2.24) is 5.16 Å². The summed E-state index contributed by atoms with van der Waals surface area (Å²) in [4.78, 5) is 22.6. The summed E-state index contributed by atoms with van der Waals surface area (Å²) in [6.07, 6.45) is -0.0147. The second-order valence-corrected chi connectivity index (χ2v) is 6.11. The quantitative estimate of drug-likeness (QED) is 0.529. The first-order valence-electron chi connectivity index (χ1n) is 7.69. The molecule has 132 valence electrons. The number of rotatable bonds is 5. The van der Waals surface area contributed by atoms with E-state index in [1.807, 2.05) is 0 Å². The number of anilines is 1. The van der Waals surface area contributed by atoms with E-state index >= 15 is 0 Å². The summed E-state index contributed by atoms with van der Waals surface area (Å²) in [5, 5.41) is 18.0. The Balaban J connectivity index is 1.70. The first kappa shape index (κ1) is 17.6. The van der Waals surface area contributed by atoms with Gasteiger partial charge in [0.05, 0.1) is 22.7 Å². The van der Waals surface area contributed by atoms with Crippen molar-refractivity contribution in [3.05, 3.63) is 74.9 Å². The number of hydrogen-bond donors (Lipinski definition) is 1. The molecular weight excluding hydrogens is 358 g/mol.